The first kappa shape index (κ1) is 19.2. The molecule has 6 nitrogen and oxygen atoms in total. The zero-order valence-corrected chi connectivity index (χ0v) is 15.8. The molecule has 0 spiro atoms. The molecule has 1 aliphatic rings. The molecule has 27 heavy (non-hydrogen) atoms. The van der Waals surface area contributed by atoms with Gasteiger partial charge < -0.3 is 19.5 Å². The smallest absolute Gasteiger partial charge is 0.410 e. The van der Waals surface area contributed by atoms with Crippen molar-refractivity contribution in [2.45, 2.75) is 38.3 Å². The summed E-state index contributed by atoms with van der Waals surface area (Å²) in [6.45, 7) is 2.81. The van der Waals surface area contributed by atoms with Crippen molar-refractivity contribution in [3.8, 4) is 17.0 Å². The van der Waals surface area contributed by atoms with Gasteiger partial charge in [0.15, 0.2) is 0 Å². The minimum absolute atomic E-state index is 0.0580. The van der Waals surface area contributed by atoms with Crippen LogP contribution in [0.2, 0.25) is 0 Å². The van der Waals surface area contributed by atoms with Crippen LogP contribution in [0.15, 0.2) is 42.6 Å². The Balaban J connectivity index is 1.67. The standard InChI is InChI=1S/C21H26N2O4/c1-15(23-12-10-19(4-3-13-24)27-21(23)25)16-5-7-17(8-6-16)18-9-11-22-20(14-18)26-2/h5-9,11,14-15,19,24H,3-4,10,12-13H2,1-2H3. The highest BCUT2D eigenvalue weighted by molar-refractivity contribution is 5.69. The average molecular weight is 370 g/mol. The van der Waals surface area contributed by atoms with Crippen molar-refractivity contribution in [3.63, 3.8) is 0 Å². The maximum Gasteiger partial charge on any atom is 0.410 e. The molecule has 2 heterocycles. The van der Waals surface area contributed by atoms with Crippen LogP contribution in [-0.4, -0.2) is 47.4 Å². The maximum absolute atomic E-state index is 12.4. The SMILES string of the molecule is COc1cc(-c2ccc(C(C)N3CCC(CCCO)OC3=O)cc2)ccn1. The van der Waals surface area contributed by atoms with E-state index in [0.29, 0.717) is 25.3 Å². The highest BCUT2D eigenvalue weighted by Gasteiger charge is 2.30. The number of carbonyl (C=O) groups excluding carboxylic acids is 1. The Morgan fingerprint density at radius 2 is 2.07 bits per heavy atom. The van der Waals surface area contributed by atoms with Crippen LogP contribution in [0, 0.1) is 0 Å². The number of ether oxygens (including phenoxy) is 2. The first-order valence-electron chi connectivity index (χ1n) is 9.31. The van der Waals surface area contributed by atoms with E-state index < -0.39 is 0 Å². The second kappa shape index (κ2) is 8.86. The molecule has 1 saturated heterocycles. The Hall–Kier alpha value is -2.60. The Labute approximate surface area is 159 Å². The van der Waals surface area contributed by atoms with Crippen molar-refractivity contribution < 1.29 is 19.4 Å². The summed E-state index contributed by atoms with van der Waals surface area (Å²) in [6, 6.07) is 11.9. The van der Waals surface area contributed by atoms with Crippen LogP contribution in [0.4, 0.5) is 4.79 Å². The third kappa shape index (κ3) is 4.57. The van der Waals surface area contributed by atoms with Crippen molar-refractivity contribution in [1.29, 1.82) is 0 Å². The predicted molar refractivity (Wildman–Crippen MR) is 103 cm³/mol. The van der Waals surface area contributed by atoms with Gasteiger partial charge in [0.2, 0.25) is 5.88 Å². The van der Waals surface area contributed by atoms with Gasteiger partial charge in [-0.1, -0.05) is 24.3 Å². The van der Waals surface area contributed by atoms with Crippen molar-refractivity contribution >= 4 is 6.09 Å². The molecule has 2 unspecified atom stereocenters. The molecule has 1 N–H and O–H groups in total. The van der Waals surface area contributed by atoms with E-state index in [2.05, 4.69) is 4.98 Å². The van der Waals surface area contributed by atoms with Crippen molar-refractivity contribution in [1.82, 2.24) is 9.88 Å². The van der Waals surface area contributed by atoms with E-state index in [1.54, 1.807) is 18.2 Å². The third-order valence-corrected chi connectivity index (χ3v) is 5.02. The van der Waals surface area contributed by atoms with Gasteiger partial charge in [0.1, 0.15) is 6.10 Å². The number of pyridine rings is 1. The van der Waals surface area contributed by atoms with Gasteiger partial charge in [-0.25, -0.2) is 9.78 Å². The fourth-order valence-corrected chi connectivity index (χ4v) is 3.35. The zero-order chi connectivity index (χ0) is 19.2. The quantitative estimate of drug-likeness (QED) is 0.803. The van der Waals surface area contributed by atoms with Crippen LogP contribution in [0.3, 0.4) is 0 Å². The zero-order valence-electron chi connectivity index (χ0n) is 15.8. The average Bonchev–Trinajstić information content (AvgIpc) is 2.72. The molecule has 2 atom stereocenters. The lowest BCUT2D eigenvalue weighted by Gasteiger charge is -2.35. The lowest BCUT2D eigenvalue weighted by Crippen LogP contribution is -2.43. The molecule has 0 aliphatic carbocycles. The summed E-state index contributed by atoms with van der Waals surface area (Å²) in [7, 11) is 1.60. The van der Waals surface area contributed by atoms with Gasteiger partial charge in [0.25, 0.3) is 0 Å². The molecular formula is C21H26N2O4. The number of aliphatic hydroxyl groups is 1. The van der Waals surface area contributed by atoms with Gasteiger partial charge in [-0.05, 0) is 42.5 Å². The number of methoxy groups -OCH3 is 1. The molecular weight excluding hydrogens is 344 g/mol. The molecule has 1 aromatic carbocycles. The number of hydrogen-bond donors (Lipinski definition) is 1. The number of hydrogen-bond acceptors (Lipinski definition) is 5. The highest BCUT2D eigenvalue weighted by Crippen LogP contribution is 2.29. The summed E-state index contributed by atoms with van der Waals surface area (Å²) in [4.78, 5) is 18.3. The van der Waals surface area contributed by atoms with E-state index in [4.69, 9.17) is 14.6 Å². The molecule has 3 rings (SSSR count). The first-order valence-corrected chi connectivity index (χ1v) is 9.31. The first-order chi connectivity index (χ1) is 13.1. The number of cyclic esters (lactones) is 1. The maximum atomic E-state index is 12.4. The van der Waals surface area contributed by atoms with Crippen LogP contribution < -0.4 is 4.74 Å². The van der Waals surface area contributed by atoms with E-state index in [1.807, 2.05) is 43.3 Å². The van der Waals surface area contributed by atoms with Crippen LogP contribution in [0.5, 0.6) is 5.88 Å². The molecule has 1 fully saturated rings. The second-order valence-corrected chi connectivity index (χ2v) is 6.74. The Morgan fingerprint density at radius 1 is 1.30 bits per heavy atom. The molecule has 1 aromatic heterocycles. The normalized spacial score (nSPS) is 18.1. The second-order valence-electron chi connectivity index (χ2n) is 6.74. The molecule has 0 radical (unpaired) electrons. The molecule has 0 bridgehead atoms. The van der Waals surface area contributed by atoms with E-state index in [0.717, 1.165) is 23.1 Å². The summed E-state index contributed by atoms with van der Waals surface area (Å²) in [5.41, 5.74) is 3.16. The minimum Gasteiger partial charge on any atom is -0.481 e. The van der Waals surface area contributed by atoms with Crippen molar-refractivity contribution in [3.05, 3.63) is 48.2 Å². The number of rotatable bonds is 7. The molecule has 1 amide bonds. The van der Waals surface area contributed by atoms with Crippen LogP contribution in [0.25, 0.3) is 11.1 Å². The fourth-order valence-electron chi connectivity index (χ4n) is 3.35. The summed E-state index contributed by atoms with van der Waals surface area (Å²) in [6.07, 6.45) is 3.53. The lowest BCUT2D eigenvalue weighted by molar-refractivity contribution is 0.00760. The number of aliphatic hydroxyl groups excluding tert-OH is 1. The van der Waals surface area contributed by atoms with Crippen molar-refractivity contribution in [2.75, 3.05) is 20.3 Å². The third-order valence-electron chi connectivity index (χ3n) is 5.02. The monoisotopic (exact) mass is 370 g/mol. The van der Waals surface area contributed by atoms with Crippen LogP contribution >= 0.6 is 0 Å². The lowest BCUT2D eigenvalue weighted by atomic mass is 10.0. The summed E-state index contributed by atoms with van der Waals surface area (Å²) < 4.78 is 10.7. The largest absolute Gasteiger partial charge is 0.481 e. The fraction of sp³-hybridized carbons (Fsp3) is 0.429. The van der Waals surface area contributed by atoms with Crippen molar-refractivity contribution in [2.24, 2.45) is 0 Å². The number of nitrogens with zero attached hydrogens (tertiary/aromatic N) is 2. The topological polar surface area (TPSA) is 71.9 Å². The van der Waals surface area contributed by atoms with E-state index in [9.17, 15) is 4.79 Å². The van der Waals surface area contributed by atoms with Crippen LogP contribution in [0.1, 0.15) is 37.8 Å². The molecule has 144 valence electrons. The van der Waals surface area contributed by atoms with Gasteiger partial charge in [-0.2, -0.15) is 0 Å². The molecule has 2 aromatic rings. The summed E-state index contributed by atoms with van der Waals surface area (Å²) in [5.74, 6) is 0.580. The number of amides is 1. The number of benzene rings is 1. The van der Waals surface area contributed by atoms with Gasteiger partial charge >= 0.3 is 6.09 Å². The summed E-state index contributed by atoms with van der Waals surface area (Å²) in [5, 5.41) is 8.92. The van der Waals surface area contributed by atoms with Gasteiger partial charge in [-0.15, -0.1) is 0 Å². The molecule has 6 heteroatoms. The Morgan fingerprint density at radius 3 is 2.74 bits per heavy atom. The van der Waals surface area contributed by atoms with Gasteiger partial charge in [0.05, 0.1) is 13.2 Å². The highest BCUT2D eigenvalue weighted by atomic mass is 16.6. The summed E-state index contributed by atoms with van der Waals surface area (Å²) >= 11 is 0. The molecule has 0 saturated carbocycles. The predicted octanol–water partition coefficient (Wildman–Crippen LogP) is 3.80. The van der Waals surface area contributed by atoms with E-state index in [-0.39, 0.29) is 24.8 Å². The minimum atomic E-state index is -0.278. The van der Waals surface area contributed by atoms with Crippen LogP contribution in [-0.2, 0) is 4.74 Å². The van der Waals surface area contributed by atoms with E-state index in [1.165, 1.54) is 0 Å². The molecule has 1 aliphatic heterocycles. The number of carbonyl (C=O) groups is 1. The van der Waals surface area contributed by atoms with Gasteiger partial charge in [-0.3, -0.25) is 0 Å². The van der Waals surface area contributed by atoms with E-state index >= 15 is 0 Å². The van der Waals surface area contributed by atoms with Gasteiger partial charge in [0, 0.05) is 31.8 Å². The Kier molecular flexibility index (Phi) is 6.29. The Bertz CT molecular complexity index is 763. The number of aromatic nitrogens is 1.